The lowest BCUT2D eigenvalue weighted by Gasteiger charge is -2.23. The predicted octanol–water partition coefficient (Wildman–Crippen LogP) is 7.20. The molecule has 6 nitrogen and oxygen atoms in total. The number of nitrogens with one attached hydrogen (secondary N) is 1. The third-order valence-corrected chi connectivity index (χ3v) is 8.57. The summed E-state index contributed by atoms with van der Waals surface area (Å²) in [6, 6.07) is 30.9. The summed E-state index contributed by atoms with van der Waals surface area (Å²) >= 11 is 0. The van der Waals surface area contributed by atoms with E-state index in [1.54, 1.807) is 6.07 Å². The highest BCUT2D eigenvalue weighted by atomic mass is 16.3. The van der Waals surface area contributed by atoms with E-state index in [0.29, 0.717) is 24.2 Å². The molecule has 1 fully saturated rings. The van der Waals surface area contributed by atoms with Gasteiger partial charge in [-0.15, -0.1) is 0 Å². The minimum atomic E-state index is -0.627. The van der Waals surface area contributed by atoms with Crippen LogP contribution in [0, 0.1) is 0 Å². The van der Waals surface area contributed by atoms with E-state index in [1.807, 2.05) is 42.6 Å². The number of nitrogens with zero attached hydrogens (tertiary/aromatic N) is 2. The standard InChI is InChI=1S/C35H32N4O2/c36-34(40)27-15-14-25(21-30(27)37-19-18-35(41)16-5-6-17-35)39-31-12-4-2-9-28(31)33-26(10-7-13-32(33)39)24-20-23-8-1-3-11-29(23)38-22-24/h1-4,7-15,20-22,37,41H,5-6,16-19H2,(H2,36,40). The van der Waals surface area contributed by atoms with Gasteiger partial charge in [-0.2, -0.15) is 0 Å². The molecule has 0 saturated heterocycles. The van der Waals surface area contributed by atoms with Crippen LogP contribution in [0.1, 0.15) is 42.5 Å². The molecule has 4 N–H and O–H groups in total. The summed E-state index contributed by atoms with van der Waals surface area (Å²) in [7, 11) is 0. The molecule has 6 aromatic rings. The number of aromatic nitrogens is 2. The van der Waals surface area contributed by atoms with Crippen molar-refractivity contribution >= 4 is 44.3 Å². The third kappa shape index (κ3) is 4.50. The first kappa shape index (κ1) is 25.3. The molecule has 2 aromatic heterocycles. The van der Waals surface area contributed by atoms with Gasteiger partial charge in [-0.25, -0.2) is 0 Å². The zero-order valence-electron chi connectivity index (χ0n) is 22.8. The van der Waals surface area contributed by atoms with Crippen LogP contribution in [0.15, 0.2) is 97.2 Å². The number of carbonyl (C=O) groups excluding carboxylic acids is 1. The zero-order valence-corrected chi connectivity index (χ0v) is 22.8. The van der Waals surface area contributed by atoms with E-state index in [4.69, 9.17) is 10.7 Å². The van der Waals surface area contributed by atoms with E-state index in [2.05, 4.69) is 58.4 Å². The van der Waals surface area contributed by atoms with Gasteiger partial charge in [-0.1, -0.05) is 61.4 Å². The minimum absolute atomic E-state index is 0.441. The average molecular weight is 541 g/mol. The Bertz CT molecular complexity index is 1930. The summed E-state index contributed by atoms with van der Waals surface area (Å²) < 4.78 is 2.24. The molecule has 1 amide bonds. The fourth-order valence-corrected chi connectivity index (χ4v) is 6.50. The molecule has 1 aliphatic carbocycles. The van der Waals surface area contributed by atoms with Gasteiger partial charge >= 0.3 is 0 Å². The number of anilines is 1. The van der Waals surface area contributed by atoms with Gasteiger partial charge in [0.2, 0.25) is 0 Å². The molecule has 0 aliphatic heterocycles. The molecule has 1 aliphatic rings. The number of pyridine rings is 1. The van der Waals surface area contributed by atoms with Gasteiger partial charge in [0.1, 0.15) is 0 Å². The van der Waals surface area contributed by atoms with Crippen molar-refractivity contribution in [3.63, 3.8) is 0 Å². The van der Waals surface area contributed by atoms with Crippen molar-refractivity contribution in [3.05, 3.63) is 103 Å². The first-order valence-corrected chi connectivity index (χ1v) is 14.3. The molecule has 0 atom stereocenters. The lowest BCUT2D eigenvalue weighted by atomic mass is 9.98. The molecule has 0 unspecified atom stereocenters. The highest BCUT2D eigenvalue weighted by Crippen LogP contribution is 2.39. The second kappa shape index (κ2) is 10.1. The van der Waals surface area contributed by atoms with E-state index in [0.717, 1.165) is 75.2 Å². The van der Waals surface area contributed by atoms with Gasteiger partial charge in [-0.3, -0.25) is 9.78 Å². The molecule has 6 heteroatoms. The molecular weight excluding hydrogens is 508 g/mol. The number of carbonyl (C=O) groups is 1. The highest BCUT2D eigenvalue weighted by molar-refractivity contribution is 6.16. The quantitative estimate of drug-likeness (QED) is 0.200. The predicted molar refractivity (Wildman–Crippen MR) is 167 cm³/mol. The molecule has 0 radical (unpaired) electrons. The maximum Gasteiger partial charge on any atom is 0.250 e. The molecule has 7 rings (SSSR count). The summed E-state index contributed by atoms with van der Waals surface area (Å²) in [5.41, 5.74) is 12.5. The first-order valence-electron chi connectivity index (χ1n) is 14.3. The van der Waals surface area contributed by atoms with Crippen LogP contribution in [-0.4, -0.2) is 32.7 Å². The Morgan fingerprint density at radius 1 is 0.927 bits per heavy atom. The Balaban J connectivity index is 1.36. The molecule has 4 aromatic carbocycles. The molecule has 1 saturated carbocycles. The molecule has 0 spiro atoms. The van der Waals surface area contributed by atoms with Crippen LogP contribution in [0.25, 0.3) is 49.5 Å². The van der Waals surface area contributed by atoms with Crippen molar-refractivity contribution in [2.24, 2.45) is 5.73 Å². The minimum Gasteiger partial charge on any atom is -0.390 e. The normalized spacial score (nSPS) is 14.7. The van der Waals surface area contributed by atoms with Crippen molar-refractivity contribution in [3.8, 4) is 16.8 Å². The Kier molecular flexibility index (Phi) is 6.20. The summed E-state index contributed by atoms with van der Waals surface area (Å²) in [5, 5.41) is 17.6. The Morgan fingerprint density at radius 2 is 1.71 bits per heavy atom. The summed E-state index contributed by atoms with van der Waals surface area (Å²) in [6.07, 6.45) is 6.36. The smallest absolute Gasteiger partial charge is 0.250 e. The maximum atomic E-state index is 12.3. The number of benzene rings is 4. The number of primary amides is 1. The van der Waals surface area contributed by atoms with Crippen LogP contribution in [0.5, 0.6) is 0 Å². The van der Waals surface area contributed by atoms with E-state index >= 15 is 0 Å². The van der Waals surface area contributed by atoms with Gasteiger partial charge in [0.05, 0.1) is 27.7 Å². The van der Waals surface area contributed by atoms with Crippen LogP contribution in [-0.2, 0) is 0 Å². The van der Waals surface area contributed by atoms with Crippen LogP contribution < -0.4 is 11.1 Å². The van der Waals surface area contributed by atoms with Gasteiger partial charge in [0.25, 0.3) is 5.91 Å². The molecule has 41 heavy (non-hydrogen) atoms. The fraction of sp³-hybridized carbons (Fsp3) is 0.200. The molecular formula is C35H32N4O2. The SMILES string of the molecule is NC(=O)c1ccc(-n2c3ccccc3c3c(-c4cnc5ccccc5c4)cccc32)cc1NCCC1(O)CCCC1. The lowest BCUT2D eigenvalue weighted by Crippen LogP contribution is -2.27. The van der Waals surface area contributed by atoms with E-state index < -0.39 is 11.5 Å². The van der Waals surface area contributed by atoms with Crippen molar-refractivity contribution in [1.29, 1.82) is 0 Å². The second-order valence-corrected chi connectivity index (χ2v) is 11.2. The number of hydrogen-bond donors (Lipinski definition) is 3. The number of amides is 1. The molecule has 0 bridgehead atoms. The Morgan fingerprint density at radius 3 is 2.56 bits per heavy atom. The number of hydrogen-bond acceptors (Lipinski definition) is 4. The summed E-state index contributed by atoms with van der Waals surface area (Å²) in [4.78, 5) is 17.1. The second-order valence-electron chi connectivity index (χ2n) is 11.2. The first-order chi connectivity index (χ1) is 20.0. The third-order valence-electron chi connectivity index (χ3n) is 8.57. The largest absolute Gasteiger partial charge is 0.390 e. The van der Waals surface area contributed by atoms with Crippen LogP contribution >= 0.6 is 0 Å². The van der Waals surface area contributed by atoms with Crippen LogP contribution in [0.3, 0.4) is 0 Å². The van der Waals surface area contributed by atoms with Crippen LogP contribution in [0.2, 0.25) is 0 Å². The average Bonchev–Trinajstić information content (AvgIpc) is 3.58. The Hall–Kier alpha value is -4.68. The number of para-hydroxylation sites is 2. The fourth-order valence-electron chi connectivity index (χ4n) is 6.50. The monoisotopic (exact) mass is 540 g/mol. The maximum absolute atomic E-state index is 12.3. The van der Waals surface area contributed by atoms with Crippen molar-refractivity contribution in [2.45, 2.75) is 37.7 Å². The van der Waals surface area contributed by atoms with E-state index in [1.165, 1.54) is 0 Å². The highest BCUT2D eigenvalue weighted by Gasteiger charge is 2.30. The van der Waals surface area contributed by atoms with Crippen molar-refractivity contribution in [2.75, 3.05) is 11.9 Å². The summed E-state index contributed by atoms with van der Waals surface area (Å²) in [6.45, 7) is 0.562. The molecule has 204 valence electrons. The number of fused-ring (bicyclic) bond motifs is 4. The van der Waals surface area contributed by atoms with Gasteiger partial charge in [0, 0.05) is 45.8 Å². The topological polar surface area (TPSA) is 93.2 Å². The van der Waals surface area contributed by atoms with Crippen molar-refractivity contribution in [1.82, 2.24) is 9.55 Å². The van der Waals surface area contributed by atoms with E-state index in [9.17, 15) is 9.90 Å². The van der Waals surface area contributed by atoms with Gasteiger partial charge in [-0.05, 0) is 67.3 Å². The lowest BCUT2D eigenvalue weighted by molar-refractivity contribution is 0.0424. The summed E-state index contributed by atoms with van der Waals surface area (Å²) in [5.74, 6) is -0.480. The number of rotatable bonds is 7. The zero-order chi connectivity index (χ0) is 28.0. The Labute approximate surface area is 238 Å². The van der Waals surface area contributed by atoms with Crippen LogP contribution in [0.4, 0.5) is 5.69 Å². The number of aliphatic hydroxyl groups is 1. The van der Waals surface area contributed by atoms with Gasteiger partial charge < -0.3 is 20.7 Å². The van der Waals surface area contributed by atoms with Crippen molar-refractivity contribution < 1.29 is 9.90 Å². The van der Waals surface area contributed by atoms with Gasteiger partial charge in [0.15, 0.2) is 0 Å². The molecule has 2 heterocycles. The number of nitrogens with two attached hydrogens (primary N) is 1. The van der Waals surface area contributed by atoms with E-state index in [-0.39, 0.29) is 0 Å².